The van der Waals surface area contributed by atoms with E-state index in [1.807, 2.05) is 0 Å². The summed E-state index contributed by atoms with van der Waals surface area (Å²) in [6.45, 7) is 5.80. The highest BCUT2D eigenvalue weighted by atomic mass is 35.5. The Hall–Kier alpha value is -2.39. The quantitative estimate of drug-likeness (QED) is 0.594. The van der Waals surface area contributed by atoms with E-state index in [0.717, 1.165) is 0 Å². The third-order valence-electron chi connectivity index (χ3n) is 5.71. The lowest BCUT2D eigenvalue weighted by atomic mass is 10.0. The molecule has 0 radical (unpaired) electrons. The van der Waals surface area contributed by atoms with Crippen molar-refractivity contribution < 1.29 is 22.7 Å². The molecule has 0 aromatic heterocycles. The molecule has 2 aliphatic heterocycles. The van der Waals surface area contributed by atoms with Gasteiger partial charge in [-0.3, -0.25) is 9.10 Å². The van der Waals surface area contributed by atoms with Gasteiger partial charge in [-0.1, -0.05) is 35.9 Å². The lowest BCUT2D eigenvalue weighted by Gasteiger charge is -2.37. The number of piperidine rings is 1. The number of para-hydroxylation sites is 1. The van der Waals surface area contributed by atoms with Crippen molar-refractivity contribution in [3.8, 4) is 0 Å². The van der Waals surface area contributed by atoms with Crippen LogP contribution in [0.3, 0.4) is 0 Å². The molecular formula is C23H25ClN2O5S. The van der Waals surface area contributed by atoms with E-state index in [0.29, 0.717) is 44.8 Å². The van der Waals surface area contributed by atoms with Gasteiger partial charge in [0, 0.05) is 31.5 Å². The summed E-state index contributed by atoms with van der Waals surface area (Å²) in [5.74, 6) is -0.840. The Morgan fingerprint density at radius 3 is 2.41 bits per heavy atom. The Balaban J connectivity index is 1.60. The number of anilines is 1. The minimum Gasteiger partial charge on any atom is -0.347 e. The van der Waals surface area contributed by atoms with Gasteiger partial charge in [0.05, 0.1) is 30.5 Å². The van der Waals surface area contributed by atoms with Gasteiger partial charge in [-0.05, 0) is 30.3 Å². The zero-order valence-electron chi connectivity index (χ0n) is 17.6. The summed E-state index contributed by atoms with van der Waals surface area (Å²) >= 11 is 6.30. The zero-order valence-corrected chi connectivity index (χ0v) is 19.1. The number of amides is 1. The molecule has 0 saturated carbocycles. The van der Waals surface area contributed by atoms with E-state index in [2.05, 4.69) is 6.58 Å². The maximum Gasteiger partial charge on any atom is 0.266 e. The van der Waals surface area contributed by atoms with Gasteiger partial charge in [0.25, 0.3) is 15.9 Å². The number of carbonyl (C=O) groups is 1. The second-order valence-electron chi connectivity index (χ2n) is 7.71. The maximum absolute atomic E-state index is 13.5. The number of benzene rings is 2. The van der Waals surface area contributed by atoms with Crippen LogP contribution in [-0.4, -0.2) is 57.9 Å². The minimum atomic E-state index is -4.03. The second kappa shape index (κ2) is 9.23. The standard InChI is InChI=1S/C23H25ClN2O5S/c1-2-12-26(19-6-4-3-5-7-19)32(28,29)21-17-18(8-9-20(21)24)22(27)25-13-10-23(11-14-25)30-15-16-31-23/h2-9,17H,1,10-16H2. The van der Waals surface area contributed by atoms with Crippen molar-refractivity contribution in [2.75, 3.05) is 37.2 Å². The van der Waals surface area contributed by atoms with Crippen molar-refractivity contribution in [3.63, 3.8) is 0 Å². The second-order valence-corrected chi connectivity index (χ2v) is 9.94. The van der Waals surface area contributed by atoms with Crippen molar-refractivity contribution in [1.82, 2.24) is 4.90 Å². The van der Waals surface area contributed by atoms with Crippen LogP contribution in [0.5, 0.6) is 0 Å². The molecule has 32 heavy (non-hydrogen) atoms. The molecule has 2 aromatic rings. The highest BCUT2D eigenvalue weighted by molar-refractivity contribution is 7.93. The molecule has 0 bridgehead atoms. The molecule has 2 heterocycles. The van der Waals surface area contributed by atoms with E-state index in [4.69, 9.17) is 21.1 Å². The smallest absolute Gasteiger partial charge is 0.266 e. The van der Waals surface area contributed by atoms with Crippen LogP contribution in [-0.2, 0) is 19.5 Å². The normalized spacial score (nSPS) is 18.0. The first-order chi connectivity index (χ1) is 15.4. The number of likely N-dealkylation sites (tertiary alicyclic amines) is 1. The van der Waals surface area contributed by atoms with E-state index in [1.165, 1.54) is 22.5 Å². The van der Waals surface area contributed by atoms with Crippen LogP contribution in [0.4, 0.5) is 5.69 Å². The van der Waals surface area contributed by atoms with E-state index >= 15 is 0 Å². The van der Waals surface area contributed by atoms with Crippen LogP contribution in [0.2, 0.25) is 5.02 Å². The molecule has 2 fully saturated rings. The molecule has 0 atom stereocenters. The summed E-state index contributed by atoms with van der Waals surface area (Å²) in [7, 11) is -4.03. The Bertz CT molecular complexity index is 1090. The highest BCUT2D eigenvalue weighted by Crippen LogP contribution is 2.33. The van der Waals surface area contributed by atoms with E-state index in [-0.39, 0.29) is 27.9 Å². The number of hydrogen-bond donors (Lipinski definition) is 0. The molecule has 7 nitrogen and oxygen atoms in total. The molecule has 0 N–H and O–H groups in total. The fraction of sp³-hybridized carbons (Fsp3) is 0.348. The van der Waals surface area contributed by atoms with Crippen LogP contribution < -0.4 is 4.31 Å². The fourth-order valence-corrected chi connectivity index (χ4v) is 5.96. The fourth-order valence-electron chi connectivity index (χ4n) is 4.03. The predicted molar refractivity (Wildman–Crippen MR) is 122 cm³/mol. The van der Waals surface area contributed by atoms with E-state index < -0.39 is 15.8 Å². The Kier molecular flexibility index (Phi) is 6.57. The largest absolute Gasteiger partial charge is 0.347 e. The van der Waals surface area contributed by atoms with Crippen LogP contribution in [0.25, 0.3) is 0 Å². The summed E-state index contributed by atoms with van der Waals surface area (Å²) in [5.41, 5.74) is 0.752. The van der Waals surface area contributed by atoms with Crippen molar-refractivity contribution in [1.29, 1.82) is 0 Å². The molecule has 2 aromatic carbocycles. The minimum absolute atomic E-state index is 0.0527. The Morgan fingerprint density at radius 1 is 1.12 bits per heavy atom. The Labute approximate surface area is 193 Å². The Morgan fingerprint density at radius 2 is 1.78 bits per heavy atom. The molecule has 1 amide bonds. The van der Waals surface area contributed by atoms with Crippen LogP contribution in [0.1, 0.15) is 23.2 Å². The first-order valence-electron chi connectivity index (χ1n) is 10.4. The molecule has 1 spiro atoms. The molecule has 2 saturated heterocycles. The molecule has 0 aliphatic carbocycles. The molecule has 0 unspecified atom stereocenters. The summed E-state index contributed by atoms with van der Waals surface area (Å²) in [5, 5.41) is 0.0527. The number of halogens is 1. The lowest BCUT2D eigenvalue weighted by Crippen LogP contribution is -2.47. The molecule has 170 valence electrons. The van der Waals surface area contributed by atoms with Crippen LogP contribution >= 0.6 is 11.6 Å². The van der Waals surface area contributed by atoms with Gasteiger partial charge in [0.2, 0.25) is 0 Å². The summed E-state index contributed by atoms with van der Waals surface area (Å²) in [6.07, 6.45) is 2.67. The number of nitrogens with zero attached hydrogens (tertiary/aromatic N) is 2. The monoisotopic (exact) mass is 476 g/mol. The number of hydrogen-bond acceptors (Lipinski definition) is 5. The maximum atomic E-state index is 13.5. The van der Waals surface area contributed by atoms with Crippen LogP contribution in [0.15, 0.2) is 66.1 Å². The number of rotatable bonds is 6. The number of sulfonamides is 1. The lowest BCUT2D eigenvalue weighted by molar-refractivity contribution is -0.181. The first-order valence-corrected chi connectivity index (χ1v) is 12.2. The highest BCUT2D eigenvalue weighted by Gasteiger charge is 2.41. The first kappa shape index (κ1) is 22.8. The van der Waals surface area contributed by atoms with E-state index in [9.17, 15) is 13.2 Å². The van der Waals surface area contributed by atoms with Crippen molar-refractivity contribution in [3.05, 3.63) is 71.8 Å². The summed E-state index contributed by atoms with van der Waals surface area (Å²) < 4.78 is 39.6. The zero-order chi connectivity index (χ0) is 22.8. The van der Waals surface area contributed by atoms with Gasteiger partial charge in [-0.2, -0.15) is 0 Å². The number of carbonyl (C=O) groups excluding carboxylic acids is 1. The van der Waals surface area contributed by atoms with Crippen molar-refractivity contribution >= 4 is 33.2 Å². The molecular weight excluding hydrogens is 452 g/mol. The van der Waals surface area contributed by atoms with Crippen molar-refractivity contribution in [2.24, 2.45) is 0 Å². The van der Waals surface area contributed by atoms with Gasteiger partial charge in [0.15, 0.2) is 5.79 Å². The van der Waals surface area contributed by atoms with Gasteiger partial charge in [-0.25, -0.2) is 8.42 Å². The van der Waals surface area contributed by atoms with Gasteiger partial charge < -0.3 is 14.4 Å². The summed E-state index contributed by atoms with van der Waals surface area (Å²) in [4.78, 5) is 14.7. The third kappa shape index (κ3) is 4.41. The average molecular weight is 477 g/mol. The molecule has 4 rings (SSSR count). The molecule has 2 aliphatic rings. The van der Waals surface area contributed by atoms with Crippen LogP contribution in [0, 0.1) is 0 Å². The summed E-state index contributed by atoms with van der Waals surface area (Å²) in [6, 6.07) is 13.1. The van der Waals surface area contributed by atoms with Gasteiger partial charge in [0.1, 0.15) is 4.90 Å². The topological polar surface area (TPSA) is 76.2 Å². The van der Waals surface area contributed by atoms with Gasteiger partial charge in [-0.15, -0.1) is 6.58 Å². The number of ether oxygens (including phenoxy) is 2. The molecule has 9 heteroatoms. The average Bonchev–Trinajstić information content (AvgIpc) is 3.26. The SMILES string of the molecule is C=CCN(c1ccccc1)S(=O)(=O)c1cc(C(=O)N2CCC3(CC2)OCCO3)ccc1Cl. The van der Waals surface area contributed by atoms with Gasteiger partial charge >= 0.3 is 0 Å². The van der Waals surface area contributed by atoms with E-state index in [1.54, 1.807) is 41.3 Å². The predicted octanol–water partition coefficient (Wildman–Crippen LogP) is 3.70. The van der Waals surface area contributed by atoms with Crippen molar-refractivity contribution in [2.45, 2.75) is 23.5 Å². The third-order valence-corrected chi connectivity index (χ3v) is 7.99.